The predicted molar refractivity (Wildman–Crippen MR) is 42.7 cm³/mol. The van der Waals surface area contributed by atoms with Crippen molar-refractivity contribution in [3.63, 3.8) is 0 Å². The zero-order chi connectivity index (χ0) is 8.72. The highest BCUT2D eigenvalue weighted by atomic mass is 19.1. The highest BCUT2D eigenvalue weighted by Gasteiger charge is 2.09. The second-order valence-electron chi connectivity index (χ2n) is 2.33. The van der Waals surface area contributed by atoms with Gasteiger partial charge in [-0.25, -0.2) is 4.39 Å². The molecule has 0 saturated heterocycles. The van der Waals surface area contributed by atoms with Gasteiger partial charge in [0.05, 0.1) is 5.39 Å². The molecule has 2 aromatic rings. The minimum Gasteiger partial charge on any atom is -0.383 e. The van der Waals surface area contributed by atoms with Gasteiger partial charge in [-0.05, 0) is 0 Å². The van der Waals surface area contributed by atoms with E-state index in [1.165, 1.54) is 0 Å². The average Bonchev–Trinajstić information content (AvgIpc) is 2.31. The molecule has 0 bridgehead atoms. The molecule has 0 spiro atoms. The lowest BCUT2D eigenvalue weighted by atomic mass is 10.4. The maximum absolute atomic E-state index is 12.9. The smallest absolute Gasteiger partial charge is 0.223 e. The number of rotatable bonds is 0. The van der Waals surface area contributed by atoms with Gasteiger partial charge in [0.25, 0.3) is 0 Å². The van der Waals surface area contributed by atoms with E-state index >= 15 is 0 Å². The molecular weight excluding hydrogens is 161 g/mol. The van der Waals surface area contributed by atoms with Gasteiger partial charge in [0.2, 0.25) is 5.95 Å². The van der Waals surface area contributed by atoms with Gasteiger partial charge in [-0.2, -0.15) is 9.97 Å². The molecule has 0 atom stereocenters. The van der Waals surface area contributed by atoms with Crippen LogP contribution in [0.5, 0.6) is 0 Å². The van der Waals surface area contributed by atoms with Crippen molar-refractivity contribution in [2.24, 2.45) is 0 Å². The molecule has 2 rings (SSSR count). The molecule has 62 valence electrons. The molecule has 2 aromatic heterocycles. The molecule has 2 heterocycles. The number of nitrogens with two attached hydrogens (primary N) is 2. The number of hydrogen-bond donors (Lipinski definition) is 3. The Hall–Kier alpha value is -1.85. The third-order valence-electron chi connectivity index (χ3n) is 1.53. The van der Waals surface area contributed by atoms with Crippen molar-refractivity contribution in [3.8, 4) is 0 Å². The van der Waals surface area contributed by atoms with Crippen molar-refractivity contribution in [1.82, 2.24) is 15.0 Å². The largest absolute Gasteiger partial charge is 0.383 e. The summed E-state index contributed by atoms with van der Waals surface area (Å²) in [6.45, 7) is 0. The molecule has 0 saturated carbocycles. The Morgan fingerprint density at radius 1 is 1.33 bits per heavy atom. The highest BCUT2D eigenvalue weighted by molar-refractivity contribution is 5.87. The van der Waals surface area contributed by atoms with E-state index in [1.807, 2.05) is 0 Å². The summed E-state index contributed by atoms with van der Waals surface area (Å²) in [5.41, 5.74) is 11.0. The second kappa shape index (κ2) is 2.07. The van der Waals surface area contributed by atoms with Crippen molar-refractivity contribution < 1.29 is 4.39 Å². The Morgan fingerprint density at radius 2 is 2.08 bits per heavy atom. The predicted octanol–water partition coefficient (Wildman–Crippen LogP) is 0.261. The molecule has 0 unspecified atom stereocenters. The van der Waals surface area contributed by atoms with E-state index in [0.717, 1.165) is 6.20 Å². The minimum absolute atomic E-state index is 0.0295. The van der Waals surface area contributed by atoms with E-state index in [1.54, 1.807) is 0 Å². The molecule has 5 N–H and O–H groups in total. The quantitative estimate of drug-likeness (QED) is 0.524. The number of halogens is 1. The summed E-state index contributed by atoms with van der Waals surface area (Å²) in [5, 5.41) is 0.184. The van der Waals surface area contributed by atoms with Crippen LogP contribution in [0, 0.1) is 5.82 Å². The molecule has 0 aromatic carbocycles. The fourth-order valence-corrected chi connectivity index (χ4v) is 1.04. The maximum atomic E-state index is 12.9. The lowest BCUT2D eigenvalue weighted by Gasteiger charge is -1.95. The Morgan fingerprint density at radius 3 is 2.83 bits per heavy atom. The number of fused-ring (bicyclic) bond motifs is 1. The van der Waals surface area contributed by atoms with Crippen LogP contribution in [0.25, 0.3) is 11.0 Å². The van der Waals surface area contributed by atoms with Crippen LogP contribution in [0.15, 0.2) is 6.20 Å². The number of nitrogens with one attached hydrogen (secondary N) is 1. The number of aromatic amines is 1. The van der Waals surface area contributed by atoms with Gasteiger partial charge in [0, 0.05) is 6.20 Å². The van der Waals surface area contributed by atoms with E-state index in [-0.39, 0.29) is 17.2 Å². The Balaban J connectivity index is 2.93. The molecule has 5 nitrogen and oxygen atoms in total. The van der Waals surface area contributed by atoms with Crippen LogP contribution >= 0.6 is 0 Å². The third-order valence-corrected chi connectivity index (χ3v) is 1.53. The molecule has 0 fully saturated rings. The lowest BCUT2D eigenvalue weighted by molar-refractivity contribution is 0.639. The van der Waals surface area contributed by atoms with Crippen LogP contribution in [0.3, 0.4) is 0 Å². The van der Waals surface area contributed by atoms with Crippen LogP contribution in [0.4, 0.5) is 16.2 Å². The van der Waals surface area contributed by atoms with Gasteiger partial charge in [-0.3, -0.25) is 0 Å². The summed E-state index contributed by atoms with van der Waals surface area (Å²) in [7, 11) is 0. The van der Waals surface area contributed by atoms with E-state index < -0.39 is 5.82 Å². The first-order valence-electron chi connectivity index (χ1n) is 3.24. The molecule has 6 heteroatoms. The molecule has 0 radical (unpaired) electrons. The summed E-state index contributed by atoms with van der Waals surface area (Å²) < 4.78 is 12.9. The highest BCUT2D eigenvalue weighted by Crippen LogP contribution is 2.20. The van der Waals surface area contributed by atoms with Gasteiger partial charge in [0.1, 0.15) is 11.5 Å². The number of nitrogen functional groups attached to an aromatic ring is 2. The molecule has 0 amide bonds. The monoisotopic (exact) mass is 167 g/mol. The van der Waals surface area contributed by atoms with Crippen molar-refractivity contribution in [1.29, 1.82) is 0 Å². The molecule has 0 aliphatic heterocycles. The van der Waals surface area contributed by atoms with Crippen LogP contribution < -0.4 is 11.5 Å². The third kappa shape index (κ3) is 0.777. The maximum Gasteiger partial charge on any atom is 0.223 e. The fraction of sp³-hybridized carbons (Fsp3) is 0. The van der Waals surface area contributed by atoms with Crippen molar-refractivity contribution in [2.45, 2.75) is 0 Å². The van der Waals surface area contributed by atoms with Crippen LogP contribution in [-0.4, -0.2) is 15.0 Å². The number of aromatic nitrogens is 3. The van der Waals surface area contributed by atoms with E-state index in [2.05, 4.69) is 15.0 Å². The molecule has 0 aliphatic carbocycles. The Labute approximate surface area is 66.6 Å². The topological polar surface area (TPSA) is 93.6 Å². The van der Waals surface area contributed by atoms with E-state index in [4.69, 9.17) is 11.5 Å². The summed E-state index contributed by atoms with van der Waals surface area (Å²) >= 11 is 0. The summed E-state index contributed by atoms with van der Waals surface area (Å²) in [6, 6.07) is 0. The van der Waals surface area contributed by atoms with Crippen LogP contribution in [0.1, 0.15) is 0 Å². The molecule has 0 aliphatic rings. The van der Waals surface area contributed by atoms with Gasteiger partial charge >= 0.3 is 0 Å². The van der Waals surface area contributed by atoms with Crippen LogP contribution in [0.2, 0.25) is 0 Å². The number of H-pyrrole nitrogens is 1. The number of anilines is 2. The van der Waals surface area contributed by atoms with Crippen molar-refractivity contribution in [2.75, 3.05) is 11.5 Å². The van der Waals surface area contributed by atoms with Crippen molar-refractivity contribution in [3.05, 3.63) is 12.0 Å². The second-order valence-corrected chi connectivity index (χ2v) is 2.33. The van der Waals surface area contributed by atoms with Gasteiger partial charge < -0.3 is 16.5 Å². The SMILES string of the molecule is Nc1nc(N)c2c(F)c[nH]c2n1. The first kappa shape index (κ1) is 6.84. The number of nitrogens with zero attached hydrogens (tertiary/aromatic N) is 2. The summed E-state index contributed by atoms with van der Waals surface area (Å²) in [5.74, 6) is -0.388. The van der Waals surface area contributed by atoms with Crippen molar-refractivity contribution >= 4 is 22.8 Å². The standard InChI is InChI=1S/C6H6FN5/c7-2-1-10-5-3(2)4(8)11-6(9)12-5/h1H,(H5,8,9,10,11,12). The van der Waals surface area contributed by atoms with Gasteiger partial charge in [-0.15, -0.1) is 0 Å². The molecule has 12 heavy (non-hydrogen) atoms. The number of hydrogen-bond acceptors (Lipinski definition) is 4. The Bertz CT molecular complexity index is 435. The summed E-state index contributed by atoms with van der Waals surface area (Å²) in [6.07, 6.45) is 1.16. The van der Waals surface area contributed by atoms with Gasteiger partial charge in [-0.1, -0.05) is 0 Å². The lowest BCUT2D eigenvalue weighted by Crippen LogP contribution is -1.99. The van der Waals surface area contributed by atoms with Gasteiger partial charge in [0.15, 0.2) is 5.82 Å². The summed E-state index contributed by atoms with van der Waals surface area (Å²) in [4.78, 5) is 9.95. The first-order chi connectivity index (χ1) is 5.68. The first-order valence-corrected chi connectivity index (χ1v) is 3.24. The normalized spacial score (nSPS) is 10.8. The van der Waals surface area contributed by atoms with E-state index in [0.29, 0.717) is 5.65 Å². The zero-order valence-corrected chi connectivity index (χ0v) is 6.00. The zero-order valence-electron chi connectivity index (χ0n) is 6.00. The minimum atomic E-state index is -0.470. The average molecular weight is 167 g/mol. The van der Waals surface area contributed by atoms with Crippen LogP contribution in [-0.2, 0) is 0 Å². The Kier molecular flexibility index (Phi) is 1.18. The van der Waals surface area contributed by atoms with E-state index in [9.17, 15) is 4.39 Å². The fourth-order valence-electron chi connectivity index (χ4n) is 1.04. The molecular formula is C6H6FN5.